The highest BCUT2D eigenvalue weighted by atomic mass is 16.5. The minimum absolute atomic E-state index is 0.0256. The van der Waals surface area contributed by atoms with E-state index in [0.717, 1.165) is 68.6 Å². The fraction of sp³-hybridized carbons (Fsp3) is 0.520. The molecule has 5 rings (SSSR count). The van der Waals surface area contributed by atoms with Crippen molar-refractivity contribution in [2.45, 2.75) is 45.3 Å². The number of hydrogen-bond donors (Lipinski definition) is 2. The standard InChI is InChI=1S/C25H30N4O5/c1-16-17(2-3-18-19(16)15-34-24(18)33)21(30)14-28-8-4-25(5-9-28)6-10-29(11-7-25)22-13-26-12-20(27-22)23(31)32/h2-3,12-13,21,30H,4-11,14-15H2,1H3,(H,31,32)/t21-/m0/s1. The molecule has 180 valence electrons. The number of aromatic nitrogens is 2. The van der Waals surface area contributed by atoms with Crippen molar-refractivity contribution in [2.75, 3.05) is 37.6 Å². The van der Waals surface area contributed by atoms with Gasteiger partial charge in [-0.15, -0.1) is 0 Å². The third kappa shape index (κ3) is 4.25. The number of carboxylic acids is 1. The van der Waals surface area contributed by atoms with Crippen LogP contribution in [-0.4, -0.2) is 69.7 Å². The average molecular weight is 467 g/mol. The summed E-state index contributed by atoms with van der Waals surface area (Å²) in [7, 11) is 0. The fourth-order valence-corrected chi connectivity index (χ4v) is 5.60. The summed E-state index contributed by atoms with van der Waals surface area (Å²) in [5, 5.41) is 20.1. The summed E-state index contributed by atoms with van der Waals surface area (Å²) in [6, 6.07) is 3.63. The van der Waals surface area contributed by atoms with Crippen molar-refractivity contribution in [1.82, 2.24) is 14.9 Å². The van der Waals surface area contributed by atoms with Crippen LogP contribution in [0.4, 0.5) is 5.82 Å². The molecule has 9 nitrogen and oxygen atoms in total. The number of carboxylic acid groups (broad SMARTS) is 1. The number of cyclic esters (lactones) is 1. The van der Waals surface area contributed by atoms with Gasteiger partial charge >= 0.3 is 11.9 Å². The van der Waals surface area contributed by atoms with E-state index in [-0.39, 0.29) is 23.7 Å². The number of hydrogen-bond acceptors (Lipinski definition) is 8. The number of aromatic carboxylic acids is 1. The number of esters is 1. The van der Waals surface area contributed by atoms with Crippen LogP contribution >= 0.6 is 0 Å². The summed E-state index contributed by atoms with van der Waals surface area (Å²) in [4.78, 5) is 35.7. The molecule has 2 aromatic rings. The predicted octanol–water partition coefficient (Wildman–Crippen LogP) is 2.57. The summed E-state index contributed by atoms with van der Waals surface area (Å²) in [5.74, 6) is -0.713. The van der Waals surface area contributed by atoms with E-state index in [0.29, 0.717) is 17.9 Å². The minimum Gasteiger partial charge on any atom is -0.476 e. The molecule has 1 aromatic carbocycles. The first-order chi connectivity index (χ1) is 16.3. The van der Waals surface area contributed by atoms with Crippen molar-refractivity contribution in [3.8, 4) is 0 Å². The molecule has 4 heterocycles. The van der Waals surface area contributed by atoms with Crippen LogP contribution in [0, 0.1) is 12.3 Å². The maximum absolute atomic E-state index is 11.8. The average Bonchev–Trinajstić information content (AvgIpc) is 3.23. The lowest BCUT2D eigenvalue weighted by Crippen LogP contribution is -2.47. The molecule has 0 aliphatic carbocycles. The zero-order chi connectivity index (χ0) is 23.9. The van der Waals surface area contributed by atoms with Crippen molar-refractivity contribution >= 4 is 17.8 Å². The van der Waals surface area contributed by atoms with Crippen molar-refractivity contribution in [2.24, 2.45) is 5.41 Å². The van der Waals surface area contributed by atoms with E-state index in [1.807, 2.05) is 13.0 Å². The van der Waals surface area contributed by atoms with Gasteiger partial charge in [-0.1, -0.05) is 6.07 Å². The highest BCUT2D eigenvalue weighted by Gasteiger charge is 2.38. The Morgan fingerprint density at radius 2 is 1.85 bits per heavy atom. The number of nitrogens with zero attached hydrogens (tertiary/aromatic N) is 4. The van der Waals surface area contributed by atoms with Crippen LogP contribution in [0.5, 0.6) is 0 Å². The second-order valence-electron chi connectivity index (χ2n) is 9.75. The summed E-state index contributed by atoms with van der Waals surface area (Å²) >= 11 is 0. The SMILES string of the molecule is Cc1c([C@@H](O)CN2CCC3(CC2)CCN(c2cncc(C(=O)O)n2)CC3)ccc2c1COC2=O. The zero-order valence-corrected chi connectivity index (χ0v) is 19.4. The number of carbonyl (C=O) groups is 2. The van der Waals surface area contributed by atoms with E-state index in [4.69, 9.17) is 4.74 Å². The smallest absolute Gasteiger partial charge is 0.356 e. The van der Waals surface area contributed by atoms with Crippen LogP contribution in [0.25, 0.3) is 0 Å². The summed E-state index contributed by atoms with van der Waals surface area (Å²) < 4.78 is 5.14. The van der Waals surface area contributed by atoms with E-state index in [9.17, 15) is 19.8 Å². The second-order valence-corrected chi connectivity index (χ2v) is 9.75. The van der Waals surface area contributed by atoms with Gasteiger partial charge in [-0.3, -0.25) is 4.98 Å². The maximum Gasteiger partial charge on any atom is 0.356 e. The molecule has 3 aliphatic rings. The Kier molecular flexibility index (Phi) is 5.99. The molecule has 0 amide bonds. The van der Waals surface area contributed by atoms with Gasteiger partial charge in [-0.25, -0.2) is 14.6 Å². The summed E-state index contributed by atoms with van der Waals surface area (Å²) in [5.41, 5.74) is 3.59. The van der Waals surface area contributed by atoms with E-state index < -0.39 is 12.1 Å². The number of aliphatic hydroxyl groups excluding tert-OH is 1. The van der Waals surface area contributed by atoms with Gasteiger partial charge in [0.1, 0.15) is 12.4 Å². The molecule has 0 saturated carbocycles. The van der Waals surface area contributed by atoms with E-state index in [1.54, 1.807) is 12.3 Å². The number of ether oxygens (including phenoxy) is 1. The molecule has 0 radical (unpaired) electrons. The maximum atomic E-state index is 11.8. The molecule has 1 spiro atoms. The number of fused-ring (bicyclic) bond motifs is 1. The fourth-order valence-electron chi connectivity index (χ4n) is 5.60. The molecule has 1 aromatic heterocycles. The lowest BCUT2D eigenvalue weighted by atomic mass is 9.71. The quantitative estimate of drug-likeness (QED) is 0.641. The summed E-state index contributed by atoms with van der Waals surface area (Å²) in [6.07, 6.45) is 6.56. The number of carbonyl (C=O) groups excluding carboxylic acids is 1. The molecular weight excluding hydrogens is 436 g/mol. The van der Waals surface area contributed by atoms with E-state index in [1.165, 1.54) is 6.20 Å². The Labute approximate surface area is 198 Å². The van der Waals surface area contributed by atoms with E-state index in [2.05, 4.69) is 19.8 Å². The first kappa shape index (κ1) is 22.7. The van der Waals surface area contributed by atoms with Gasteiger partial charge in [-0.05, 0) is 68.3 Å². The van der Waals surface area contributed by atoms with Crippen LogP contribution in [0.1, 0.15) is 69.3 Å². The van der Waals surface area contributed by atoms with Crippen molar-refractivity contribution in [3.63, 3.8) is 0 Å². The largest absolute Gasteiger partial charge is 0.476 e. The normalized spacial score (nSPS) is 20.8. The van der Waals surface area contributed by atoms with Gasteiger partial charge in [0.15, 0.2) is 5.69 Å². The Morgan fingerprint density at radius 3 is 2.56 bits per heavy atom. The van der Waals surface area contributed by atoms with Gasteiger partial charge in [0.2, 0.25) is 0 Å². The van der Waals surface area contributed by atoms with Crippen molar-refractivity contribution < 1.29 is 24.5 Å². The number of likely N-dealkylation sites (tertiary alicyclic amines) is 1. The molecule has 9 heteroatoms. The molecule has 2 N–H and O–H groups in total. The highest BCUT2D eigenvalue weighted by molar-refractivity contribution is 5.94. The van der Waals surface area contributed by atoms with Gasteiger partial charge in [0.05, 0.1) is 24.1 Å². The number of β-amino-alcohol motifs (C(OH)–C–C–N with tert-alkyl or cyclic N) is 1. The van der Waals surface area contributed by atoms with Crippen LogP contribution in [0.3, 0.4) is 0 Å². The monoisotopic (exact) mass is 466 g/mol. The number of aliphatic hydroxyl groups is 1. The van der Waals surface area contributed by atoms with Gasteiger partial charge in [-0.2, -0.15) is 0 Å². The Balaban J connectivity index is 1.16. The van der Waals surface area contributed by atoms with Crippen molar-refractivity contribution in [1.29, 1.82) is 0 Å². The van der Waals surface area contributed by atoms with Crippen LogP contribution < -0.4 is 4.90 Å². The predicted molar refractivity (Wildman–Crippen MR) is 124 cm³/mol. The summed E-state index contributed by atoms with van der Waals surface area (Å²) in [6.45, 7) is 6.39. The molecule has 2 saturated heterocycles. The van der Waals surface area contributed by atoms with Crippen LogP contribution in [0.15, 0.2) is 24.5 Å². The van der Waals surface area contributed by atoms with E-state index >= 15 is 0 Å². The van der Waals surface area contributed by atoms with Gasteiger partial charge < -0.3 is 24.7 Å². The molecule has 34 heavy (non-hydrogen) atoms. The number of benzene rings is 1. The molecule has 2 fully saturated rings. The van der Waals surface area contributed by atoms with Gasteiger partial charge in [0.25, 0.3) is 0 Å². The highest BCUT2D eigenvalue weighted by Crippen LogP contribution is 2.42. The molecule has 3 aliphatic heterocycles. The molecule has 1 atom stereocenters. The minimum atomic E-state index is -1.06. The third-order valence-electron chi connectivity index (χ3n) is 7.90. The number of rotatable bonds is 5. The van der Waals surface area contributed by atoms with Crippen molar-refractivity contribution in [3.05, 3.63) is 52.5 Å². The lowest BCUT2D eigenvalue weighted by Gasteiger charge is -2.47. The zero-order valence-electron chi connectivity index (χ0n) is 19.4. The Morgan fingerprint density at radius 1 is 1.15 bits per heavy atom. The first-order valence-electron chi connectivity index (χ1n) is 11.9. The molecule has 0 bridgehead atoms. The second kappa shape index (κ2) is 8.96. The lowest BCUT2D eigenvalue weighted by molar-refractivity contribution is 0.0447. The van der Waals surface area contributed by atoms with Crippen LogP contribution in [0.2, 0.25) is 0 Å². The number of piperidine rings is 2. The Hall–Kier alpha value is -3.04. The third-order valence-corrected chi connectivity index (χ3v) is 7.90. The first-order valence-corrected chi connectivity index (χ1v) is 11.9. The molecular formula is C25H30N4O5. The van der Waals surface area contributed by atoms with Gasteiger partial charge in [0, 0.05) is 25.2 Å². The molecule has 0 unspecified atom stereocenters. The van der Waals surface area contributed by atoms with Crippen LogP contribution in [-0.2, 0) is 11.3 Å². The topological polar surface area (TPSA) is 116 Å². The Bertz CT molecular complexity index is 1100. The number of anilines is 1.